The number of anilines is 1. The summed E-state index contributed by atoms with van der Waals surface area (Å²) >= 11 is 0. The number of nitrogens with one attached hydrogen (secondary N) is 1. The fraction of sp³-hybridized carbons (Fsp3) is 0.448. The highest BCUT2D eigenvalue weighted by atomic mass is 19.4. The van der Waals surface area contributed by atoms with E-state index in [1.807, 2.05) is 58.0 Å². The zero-order valence-corrected chi connectivity index (χ0v) is 21.7. The molecule has 0 radical (unpaired) electrons. The lowest BCUT2D eigenvalue weighted by Crippen LogP contribution is -2.38. The van der Waals surface area contributed by atoms with Crippen LogP contribution in [-0.2, 0) is 17.1 Å². The first-order valence-corrected chi connectivity index (χ1v) is 12.8. The summed E-state index contributed by atoms with van der Waals surface area (Å²) in [6.45, 7) is 8.00. The van der Waals surface area contributed by atoms with Gasteiger partial charge in [0, 0.05) is 5.41 Å². The first kappa shape index (κ1) is 26.8. The predicted molar refractivity (Wildman–Crippen MR) is 135 cm³/mol. The van der Waals surface area contributed by atoms with Crippen LogP contribution in [0.3, 0.4) is 0 Å². The van der Waals surface area contributed by atoms with Crippen molar-refractivity contribution in [3.63, 3.8) is 0 Å². The zero-order chi connectivity index (χ0) is 27.0. The Labute approximate surface area is 215 Å². The standard InChI is InChI=1S/C29H34F3N3O2/c1-5-16-28(17-6-2,20-12-14-21(15-13-20)29(30,31)32)24-23(26(36)37)25-33-22(19-10-8-7-9-11-19)18-27(3,4)35(25)34-24/h7-15,22,33H,5-6,16-18H2,1-4H3,(H,36,37)/p-1. The summed E-state index contributed by atoms with van der Waals surface area (Å²) in [7, 11) is 0. The lowest BCUT2D eigenvalue weighted by Gasteiger charge is -2.38. The molecule has 0 amide bonds. The van der Waals surface area contributed by atoms with Crippen LogP contribution in [-0.4, -0.2) is 15.7 Å². The number of alkyl halides is 3. The molecule has 1 aliphatic rings. The molecule has 1 atom stereocenters. The normalized spacial score (nSPS) is 17.2. The molecule has 0 aliphatic carbocycles. The lowest BCUT2D eigenvalue weighted by molar-refractivity contribution is -0.255. The quantitative estimate of drug-likeness (QED) is 0.377. The van der Waals surface area contributed by atoms with E-state index in [1.54, 1.807) is 4.68 Å². The van der Waals surface area contributed by atoms with E-state index in [1.165, 1.54) is 12.1 Å². The highest BCUT2D eigenvalue weighted by Crippen LogP contribution is 2.48. The van der Waals surface area contributed by atoms with E-state index >= 15 is 0 Å². The number of nitrogens with zero attached hydrogens (tertiary/aromatic N) is 2. The smallest absolute Gasteiger partial charge is 0.416 e. The number of carbonyl (C=O) groups is 1. The number of fused-ring (bicyclic) bond motifs is 1. The molecule has 4 rings (SSSR count). The molecule has 2 aromatic carbocycles. The van der Waals surface area contributed by atoms with Crippen LogP contribution in [0.2, 0.25) is 0 Å². The number of carboxylic acids is 1. The molecule has 0 spiro atoms. The topological polar surface area (TPSA) is 70.0 Å². The first-order chi connectivity index (χ1) is 17.4. The highest BCUT2D eigenvalue weighted by Gasteiger charge is 2.44. The summed E-state index contributed by atoms with van der Waals surface area (Å²) in [5.74, 6) is -0.972. The van der Waals surface area contributed by atoms with E-state index in [0.717, 1.165) is 17.7 Å². The van der Waals surface area contributed by atoms with Crippen molar-refractivity contribution < 1.29 is 23.1 Å². The molecule has 1 aliphatic heterocycles. The van der Waals surface area contributed by atoms with E-state index in [2.05, 4.69) is 5.32 Å². The molecule has 1 N–H and O–H groups in total. The van der Waals surface area contributed by atoms with Crippen LogP contribution in [0.5, 0.6) is 0 Å². The first-order valence-electron chi connectivity index (χ1n) is 12.8. The molecule has 8 heteroatoms. The van der Waals surface area contributed by atoms with Crippen LogP contribution < -0.4 is 10.4 Å². The zero-order valence-electron chi connectivity index (χ0n) is 21.7. The SMILES string of the molecule is CCCC(CCC)(c1ccc(C(F)(F)F)cc1)c1nn2c(c1C(=O)[O-])NC(c1ccccc1)CC2(C)C. The summed E-state index contributed by atoms with van der Waals surface area (Å²) in [4.78, 5) is 12.7. The largest absolute Gasteiger partial charge is 0.545 e. The van der Waals surface area contributed by atoms with E-state index in [4.69, 9.17) is 5.10 Å². The number of aromatic nitrogens is 2. The molecule has 0 saturated carbocycles. The van der Waals surface area contributed by atoms with Gasteiger partial charge >= 0.3 is 6.18 Å². The second-order valence-corrected chi connectivity index (χ2v) is 10.6. The van der Waals surface area contributed by atoms with Gasteiger partial charge in [-0.1, -0.05) is 69.2 Å². The maximum Gasteiger partial charge on any atom is 0.416 e. The van der Waals surface area contributed by atoms with E-state index in [9.17, 15) is 23.1 Å². The number of aromatic carboxylic acids is 1. The molecule has 5 nitrogen and oxygen atoms in total. The Balaban J connectivity index is 1.94. The number of carboxylic acid groups (broad SMARTS) is 1. The van der Waals surface area contributed by atoms with E-state index < -0.39 is 28.7 Å². The van der Waals surface area contributed by atoms with Gasteiger partial charge in [-0.05, 0) is 56.4 Å². The van der Waals surface area contributed by atoms with Crippen molar-refractivity contribution in [2.24, 2.45) is 0 Å². The number of carbonyl (C=O) groups excluding carboxylic acids is 1. The Bertz CT molecular complexity index is 1240. The Morgan fingerprint density at radius 3 is 2.11 bits per heavy atom. The molecule has 0 saturated heterocycles. The van der Waals surface area contributed by atoms with Crippen LogP contribution in [0, 0.1) is 0 Å². The summed E-state index contributed by atoms with van der Waals surface area (Å²) in [5, 5.41) is 21.1. The molecule has 37 heavy (non-hydrogen) atoms. The second kappa shape index (κ2) is 9.88. The molecular weight excluding hydrogens is 479 g/mol. The van der Waals surface area contributed by atoms with E-state index in [0.29, 0.717) is 49.2 Å². The van der Waals surface area contributed by atoms with Gasteiger partial charge in [0.15, 0.2) is 0 Å². The highest BCUT2D eigenvalue weighted by molar-refractivity contribution is 5.94. The van der Waals surface area contributed by atoms with Gasteiger partial charge in [0.1, 0.15) is 5.82 Å². The molecule has 1 aromatic heterocycles. The van der Waals surface area contributed by atoms with Crippen molar-refractivity contribution in [1.82, 2.24) is 9.78 Å². The number of halogens is 3. The van der Waals surface area contributed by atoms with Gasteiger partial charge in [0.25, 0.3) is 0 Å². The summed E-state index contributed by atoms with van der Waals surface area (Å²) < 4.78 is 41.7. The lowest BCUT2D eigenvalue weighted by atomic mass is 9.69. The third-order valence-corrected chi connectivity index (χ3v) is 7.45. The van der Waals surface area contributed by atoms with Crippen LogP contribution >= 0.6 is 0 Å². The van der Waals surface area contributed by atoms with Crippen molar-refractivity contribution in [2.45, 2.75) is 83.0 Å². The van der Waals surface area contributed by atoms with Gasteiger partial charge in [-0.15, -0.1) is 0 Å². The van der Waals surface area contributed by atoms with Crippen molar-refractivity contribution in [1.29, 1.82) is 0 Å². The monoisotopic (exact) mass is 512 g/mol. The molecule has 0 bridgehead atoms. The third-order valence-electron chi connectivity index (χ3n) is 7.45. The molecule has 1 unspecified atom stereocenters. The third kappa shape index (κ3) is 4.86. The number of benzene rings is 2. The second-order valence-electron chi connectivity index (χ2n) is 10.6. The van der Waals surface area contributed by atoms with Crippen molar-refractivity contribution >= 4 is 11.8 Å². The number of rotatable bonds is 8. The van der Waals surface area contributed by atoms with Gasteiger partial charge in [-0.2, -0.15) is 18.3 Å². The Morgan fingerprint density at radius 2 is 1.59 bits per heavy atom. The van der Waals surface area contributed by atoms with Gasteiger partial charge in [0.2, 0.25) is 0 Å². The molecule has 0 fully saturated rings. The average Bonchev–Trinajstić information content (AvgIpc) is 3.25. The maximum atomic E-state index is 13.3. The summed E-state index contributed by atoms with van der Waals surface area (Å²) in [6, 6.07) is 14.8. The van der Waals surface area contributed by atoms with Gasteiger partial charge in [-0.3, -0.25) is 0 Å². The van der Waals surface area contributed by atoms with Crippen LogP contribution in [0.4, 0.5) is 19.0 Å². The number of hydrogen-bond donors (Lipinski definition) is 1. The van der Waals surface area contributed by atoms with Crippen molar-refractivity contribution in [3.05, 3.63) is 82.5 Å². The van der Waals surface area contributed by atoms with Crippen LogP contribution in [0.1, 0.15) is 98.6 Å². The Kier molecular flexibility index (Phi) is 7.14. The van der Waals surface area contributed by atoms with Gasteiger partial charge < -0.3 is 15.2 Å². The number of hydrogen-bond acceptors (Lipinski definition) is 4. The average molecular weight is 513 g/mol. The molecule has 2 heterocycles. The summed E-state index contributed by atoms with van der Waals surface area (Å²) in [6.07, 6.45) is -1.33. The fourth-order valence-electron chi connectivity index (χ4n) is 5.83. The van der Waals surface area contributed by atoms with Crippen molar-refractivity contribution in [3.8, 4) is 0 Å². The summed E-state index contributed by atoms with van der Waals surface area (Å²) in [5.41, 5.74) is -0.155. The molecular formula is C29H33F3N3O2-. The van der Waals surface area contributed by atoms with Crippen molar-refractivity contribution in [2.75, 3.05) is 5.32 Å². The Hall–Kier alpha value is -3.29. The van der Waals surface area contributed by atoms with Crippen LogP contribution in [0.25, 0.3) is 0 Å². The minimum absolute atomic E-state index is 0.0181. The molecule has 198 valence electrons. The Morgan fingerprint density at radius 1 is 1.03 bits per heavy atom. The van der Waals surface area contributed by atoms with Crippen LogP contribution in [0.15, 0.2) is 54.6 Å². The minimum Gasteiger partial charge on any atom is -0.545 e. The molecule has 3 aromatic rings. The maximum absolute atomic E-state index is 13.3. The minimum atomic E-state index is -4.46. The van der Waals surface area contributed by atoms with Gasteiger partial charge in [-0.25, -0.2) is 4.68 Å². The van der Waals surface area contributed by atoms with Gasteiger partial charge in [0.05, 0.1) is 34.4 Å². The fourth-order valence-corrected chi connectivity index (χ4v) is 5.83. The predicted octanol–water partition coefficient (Wildman–Crippen LogP) is 6.44. The van der Waals surface area contributed by atoms with E-state index in [-0.39, 0.29) is 11.6 Å².